The quantitative estimate of drug-likeness (QED) is 0.552. The first-order chi connectivity index (χ1) is 15.8. The Bertz CT molecular complexity index is 1340. The van der Waals surface area contributed by atoms with Gasteiger partial charge in [0.25, 0.3) is 15.9 Å². The number of nitrogens with one attached hydrogen (secondary N) is 2. The number of sulfonamides is 1. The van der Waals surface area contributed by atoms with E-state index in [9.17, 15) is 18.0 Å². The van der Waals surface area contributed by atoms with Crippen LogP contribution in [-0.4, -0.2) is 32.4 Å². The fourth-order valence-corrected chi connectivity index (χ4v) is 5.70. The number of carbonyl (C=O) groups is 1. The van der Waals surface area contributed by atoms with Crippen molar-refractivity contribution < 1.29 is 13.2 Å². The largest absolute Gasteiger partial charge is 0.360 e. The van der Waals surface area contributed by atoms with Gasteiger partial charge in [0.2, 0.25) is 5.43 Å². The summed E-state index contributed by atoms with van der Waals surface area (Å²) in [4.78, 5) is 29.0. The zero-order chi connectivity index (χ0) is 23.6. The van der Waals surface area contributed by atoms with Gasteiger partial charge in [-0.15, -0.1) is 0 Å². The minimum absolute atomic E-state index is 0.00597. The van der Waals surface area contributed by atoms with Crippen LogP contribution in [0.3, 0.4) is 0 Å². The smallest absolute Gasteiger partial charge is 0.264 e. The minimum Gasteiger partial charge on any atom is -0.360 e. The highest BCUT2D eigenvalue weighted by atomic mass is 32.2. The monoisotopic (exact) mass is 467 g/mol. The SMILES string of the molecule is Cc1ccccc1N(C)S(=O)(=O)c1ccc2[nH]cc(C(=O)NC3CCCCCC3)c(=O)c2c1. The molecule has 0 atom stereocenters. The lowest BCUT2D eigenvalue weighted by Gasteiger charge is -2.21. The number of carbonyl (C=O) groups excluding carboxylic acids is 1. The number of aryl methyl sites for hydroxylation is 1. The summed E-state index contributed by atoms with van der Waals surface area (Å²) in [6.45, 7) is 1.84. The van der Waals surface area contributed by atoms with Crippen molar-refractivity contribution in [1.29, 1.82) is 0 Å². The average molecular weight is 468 g/mol. The van der Waals surface area contributed by atoms with Crippen molar-refractivity contribution in [3.05, 3.63) is 70.0 Å². The third kappa shape index (κ3) is 4.66. The van der Waals surface area contributed by atoms with Gasteiger partial charge in [0.1, 0.15) is 5.56 Å². The lowest BCUT2D eigenvalue weighted by Crippen LogP contribution is -2.37. The molecule has 0 radical (unpaired) electrons. The lowest BCUT2D eigenvalue weighted by molar-refractivity contribution is 0.0932. The number of H-pyrrole nitrogens is 1. The van der Waals surface area contributed by atoms with Gasteiger partial charge in [-0.3, -0.25) is 13.9 Å². The fraction of sp³-hybridized carbons (Fsp3) is 0.360. The highest BCUT2D eigenvalue weighted by molar-refractivity contribution is 7.92. The summed E-state index contributed by atoms with van der Waals surface area (Å²) in [6, 6.07) is 11.6. The molecule has 0 saturated heterocycles. The van der Waals surface area contributed by atoms with Gasteiger partial charge in [-0.25, -0.2) is 8.42 Å². The predicted molar refractivity (Wildman–Crippen MR) is 130 cm³/mol. The van der Waals surface area contributed by atoms with Crippen LogP contribution in [0.25, 0.3) is 10.9 Å². The Morgan fingerprint density at radius 1 is 1.06 bits per heavy atom. The molecular weight excluding hydrogens is 438 g/mol. The fourth-order valence-electron chi connectivity index (χ4n) is 4.42. The summed E-state index contributed by atoms with van der Waals surface area (Å²) < 4.78 is 27.8. The van der Waals surface area contributed by atoms with Crippen LogP contribution in [0.15, 0.2) is 58.4 Å². The van der Waals surface area contributed by atoms with Crippen LogP contribution in [0, 0.1) is 6.92 Å². The maximum Gasteiger partial charge on any atom is 0.264 e. The molecule has 8 heteroatoms. The van der Waals surface area contributed by atoms with E-state index in [4.69, 9.17) is 0 Å². The minimum atomic E-state index is -3.90. The molecule has 2 aromatic carbocycles. The molecule has 1 amide bonds. The number of amides is 1. The first-order valence-corrected chi connectivity index (χ1v) is 12.7. The second-order valence-corrected chi connectivity index (χ2v) is 10.6. The summed E-state index contributed by atoms with van der Waals surface area (Å²) >= 11 is 0. The third-order valence-corrected chi connectivity index (χ3v) is 8.17. The number of anilines is 1. The van der Waals surface area contributed by atoms with E-state index in [1.807, 2.05) is 19.1 Å². The van der Waals surface area contributed by atoms with Gasteiger partial charge in [0.05, 0.1) is 10.6 Å². The number of fused-ring (bicyclic) bond motifs is 1. The van der Waals surface area contributed by atoms with Crippen LogP contribution < -0.4 is 15.1 Å². The van der Waals surface area contributed by atoms with Crippen molar-refractivity contribution in [1.82, 2.24) is 10.3 Å². The van der Waals surface area contributed by atoms with E-state index >= 15 is 0 Å². The number of rotatable bonds is 5. The van der Waals surface area contributed by atoms with Crippen molar-refractivity contribution in [2.24, 2.45) is 0 Å². The Morgan fingerprint density at radius 3 is 2.45 bits per heavy atom. The molecule has 1 aliphatic carbocycles. The molecule has 1 fully saturated rings. The van der Waals surface area contributed by atoms with Gasteiger partial charge in [-0.05, 0) is 49.6 Å². The van der Waals surface area contributed by atoms with E-state index in [-0.39, 0.29) is 21.9 Å². The van der Waals surface area contributed by atoms with Crippen molar-refractivity contribution in [3.63, 3.8) is 0 Å². The molecule has 174 valence electrons. The van der Waals surface area contributed by atoms with Crippen molar-refractivity contribution in [2.45, 2.75) is 56.4 Å². The van der Waals surface area contributed by atoms with E-state index in [1.165, 1.54) is 29.7 Å². The van der Waals surface area contributed by atoms with E-state index < -0.39 is 21.4 Å². The zero-order valence-electron chi connectivity index (χ0n) is 18.9. The Labute approximate surface area is 193 Å². The van der Waals surface area contributed by atoms with Gasteiger partial charge in [0.15, 0.2) is 0 Å². The Morgan fingerprint density at radius 2 is 1.76 bits per heavy atom. The summed E-state index contributed by atoms with van der Waals surface area (Å²) in [5, 5.41) is 3.16. The summed E-state index contributed by atoms with van der Waals surface area (Å²) in [7, 11) is -2.41. The molecule has 7 nitrogen and oxygen atoms in total. The van der Waals surface area contributed by atoms with Crippen molar-refractivity contribution in [3.8, 4) is 0 Å². The maximum atomic E-state index is 13.3. The molecule has 4 rings (SSSR count). The van der Waals surface area contributed by atoms with Gasteiger partial charge >= 0.3 is 0 Å². The number of benzene rings is 2. The topological polar surface area (TPSA) is 99.3 Å². The first-order valence-electron chi connectivity index (χ1n) is 11.3. The van der Waals surface area contributed by atoms with Crippen LogP contribution in [0.5, 0.6) is 0 Å². The number of para-hydroxylation sites is 1. The second-order valence-electron chi connectivity index (χ2n) is 8.66. The Kier molecular flexibility index (Phi) is 6.56. The third-order valence-electron chi connectivity index (χ3n) is 6.40. The molecule has 0 unspecified atom stereocenters. The number of hydrogen-bond donors (Lipinski definition) is 2. The maximum absolute atomic E-state index is 13.3. The molecule has 0 spiro atoms. The van der Waals surface area contributed by atoms with Gasteiger partial charge in [0, 0.05) is 30.2 Å². The summed E-state index contributed by atoms with van der Waals surface area (Å²) in [6.07, 6.45) is 7.68. The molecule has 3 aromatic rings. The van der Waals surface area contributed by atoms with Gasteiger partial charge < -0.3 is 10.3 Å². The Hall–Kier alpha value is -3.13. The highest BCUT2D eigenvalue weighted by Crippen LogP contribution is 2.26. The molecule has 0 bridgehead atoms. The van der Waals surface area contributed by atoms with Crippen LogP contribution in [0.4, 0.5) is 5.69 Å². The number of aromatic amines is 1. The molecule has 1 aliphatic rings. The van der Waals surface area contributed by atoms with Crippen LogP contribution in [0.2, 0.25) is 0 Å². The van der Waals surface area contributed by atoms with Gasteiger partial charge in [-0.2, -0.15) is 0 Å². The van der Waals surface area contributed by atoms with E-state index in [1.54, 1.807) is 18.2 Å². The number of hydrogen-bond acceptors (Lipinski definition) is 4. The zero-order valence-corrected chi connectivity index (χ0v) is 19.7. The summed E-state index contributed by atoms with van der Waals surface area (Å²) in [5.41, 5.74) is 1.37. The van der Waals surface area contributed by atoms with Crippen molar-refractivity contribution >= 4 is 32.5 Å². The second kappa shape index (κ2) is 9.39. The van der Waals surface area contributed by atoms with Crippen molar-refractivity contribution in [2.75, 3.05) is 11.4 Å². The molecule has 1 aromatic heterocycles. The molecule has 1 saturated carbocycles. The first kappa shape index (κ1) is 23.0. The molecule has 2 N–H and O–H groups in total. The summed E-state index contributed by atoms with van der Waals surface area (Å²) in [5.74, 6) is -0.421. The van der Waals surface area contributed by atoms with E-state index in [2.05, 4.69) is 10.3 Å². The molecule has 1 heterocycles. The van der Waals surface area contributed by atoms with Crippen LogP contribution >= 0.6 is 0 Å². The van der Waals surface area contributed by atoms with E-state index in [0.29, 0.717) is 11.2 Å². The molecule has 33 heavy (non-hydrogen) atoms. The normalized spacial score (nSPS) is 15.2. The van der Waals surface area contributed by atoms with E-state index in [0.717, 1.165) is 44.1 Å². The average Bonchev–Trinajstić information content (AvgIpc) is 3.07. The number of aromatic nitrogens is 1. The van der Waals surface area contributed by atoms with Crippen LogP contribution in [-0.2, 0) is 10.0 Å². The highest BCUT2D eigenvalue weighted by Gasteiger charge is 2.24. The predicted octanol–water partition coefficient (Wildman–Crippen LogP) is 4.11. The molecular formula is C25H29N3O4S. The van der Waals surface area contributed by atoms with Crippen LogP contribution in [0.1, 0.15) is 54.4 Å². The number of pyridine rings is 1. The van der Waals surface area contributed by atoms with Gasteiger partial charge in [-0.1, -0.05) is 43.9 Å². The standard InChI is InChI=1S/C25H29N3O4S/c1-17-9-7-8-12-23(17)28(2)33(31,32)19-13-14-22-20(15-19)24(29)21(16-26-22)25(30)27-18-10-5-3-4-6-11-18/h7-9,12-16,18H,3-6,10-11H2,1-2H3,(H,26,29)(H,27,30). The molecule has 0 aliphatic heterocycles. The Balaban J connectivity index is 1.68. The lowest BCUT2D eigenvalue weighted by atomic mass is 10.1. The number of nitrogens with zero attached hydrogens (tertiary/aromatic N) is 1.